The molecule has 4 aliphatic rings. The zero-order valence-electron chi connectivity index (χ0n) is 12.9. The van der Waals surface area contributed by atoms with Crippen LogP contribution in [0.15, 0.2) is 67.0 Å². The summed E-state index contributed by atoms with van der Waals surface area (Å²) in [5, 5.41) is 3.91. The van der Waals surface area contributed by atoms with Crippen LogP contribution in [-0.2, 0) is 4.79 Å². The molecular formula is C19H11FN4O. The SMILES string of the molecule is O=C1C=CC(=c2ccc3c4c2ncc-4ccc2cnc[nH]n3-2)C=C1F. The zero-order chi connectivity index (χ0) is 17.0. The van der Waals surface area contributed by atoms with Gasteiger partial charge in [0.1, 0.15) is 6.33 Å². The number of H-pyrrole nitrogens is 1. The van der Waals surface area contributed by atoms with E-state index >= 15 is 0 Å². The van der Waals surface area contributed by atoms with Crippen molar-refractivity contribution in [2.75, 3.05) is 0 Å². The first kappa shape index (κ1) is 13.9. The lowest BCUT2D eigenvalue weighted by Crippen LogP contribution is -2.11. The minimum Gasteiger partial charge on any atom is -0.287 e. The standard InChI is InChI=1S/C19H11FN4O/c20-15-7-11(2-6-17(15)25)14-4-5-16-18-12(8-22-19(14)18)1-3-13-9-21-10-23-24(13)16/h1-10H,(H,21,23). The highest BCUT2D eigenvalue weighted by Gasteiger charge is 2.18. The molecule has 1 aromatic carbocycles. The molecule has 0 saturated carbocycles. The van der Waals surface area contributed by atoms with Crippen molar-refractivity contribution >= 4 is 22.4 Å². The van der Waals surface area contributed by atoms with Crippen molar-refractivity contribution in [3.63, 3.8) is 0 Å². The van der Waals surface area contributed by atoms with E-state index in [2.05, 4.69) is 15.1 Å². The molecule has 0 fully saturated rings. The van der Waals surface area contributed by atoms with Crippen molar-refractivity contribution < 1.29 is 9.18 Å². The molecule has 6 heteroatoms. The van der Waals surface area contributed by atoms with Gasteiger partial charge in [-0.05, 0) is 29.9 Å². The third kappa shape index (κ3) is 1.97. The van der Waals surface area contributed by atoms with E-state index in [-0.39, 0.29) is 0 Å². The molecule has 0 aromatic heterocycles. The molecule has 1 aliphatic carbocycles. The Bertz CT molecular complexity index is 1230. The Kier molecular flexibility index (Phi) is 2.76. The van der Waals surface area contributed by atoms with Crippen molar-refractivity contribution in [2.24, 2.45) is 0 Å². The van der Waals surface area contributed by atoms with E-state index in [0.29, 0.717) is 5.57 Å². The highest BCUT2D eigenvalue weighted by molar-refractivity contribution is 6.08. The van der Waals surface area contributed by atoms with Crippen molar-refractivity contribution in [2.45, 2.75) is 0 Å². The first-order valence-electron chi connectivity index (χ1n) is 7.74. The zero-order valence-corrected chi connectivity index (χ0v) is 12.9. The van der Waals surface area contributed by atoms with Gasteiger partial charge in [-0.1, -0.05) is 18.2 Å². The molecular weight excluding hydrogens is 319 g/mol. The number of aromatic nitrogens is 4. The number of aromatic amines is 1. The lowest BCUT2D eigenvalue weighted by Gasteiger charge is -2.10. The minimum absolute atomic E-state index is 0.611. The third-order valence-corrected chi connectivity index (χ3v) is 4.42. The Morgan fingerprint density at radius 2 is 2.00 bits per heavy atom. The lowest BCUT2D eigenvalue weighted by atomic mass is 10.0. The summed E-state index contributed by atoms with van der Waals surface area (Å²) in [5.41, 5.74) is 5.19. The molecule has 3 heterocycles. The first-order valence-corrected chi connectivity index (χ1v) is 7.74. The number of ketones is 1. The van der Waals surface area contributed by atoms with Gasteiger partial charge in [-0.3, -0.25) is 19.6 Å². The summed E-state index contributed by atoms with van der Waals surface area (Å²) in [4.78, 5) is 20.0. The molecule has 0 amide bonds. The van der Waals surface area contributed by atoms with Gasteiger partial charge in [0.05, 0.1) is 22.9 Å². The Labute approximate surface area is 141 Å². The number of hydrogen-bond donors (Lipinski definition) is 1. The van der Waals surface area contributed by atoms with Gasteiger partial charge in [-0.25, -0.2) is 9.37 Å². The topological polar surface area (TPSA) is 63.6 Å². The molecule has 0 bridgehead atoms. The van der Waals surface area contributed by atoms with Gasteiger partial charge < -0.3 is 0 Å². The summed E-state index contributed by atoms with van der Waals surface area (Å²) in [7, 11) is 0. The van der Waals surface area contributed by atoms with Crippen LogP contribution < -0.4 is 5.22 Å². The first-order chi connectivity index (χ1) is 12.2. The number of rotatable bonds is 0. The molecule has 0 unspecified atom stereocenters. The molecule has 5 rings (SSSR count). The molecule has 0 saturated heterocycles. The van der Waals surface area contributed by atoms with E-state index in [1.807, 2.05) is 28.9 Å². The van der Waals surface area contributed by atoms with Crippen molar-refractivity contribution in [3.8, 4) is 16.8 Å². The van der Waals surface area contributed by atoms with Crippen LogP contribution in [0.3, 0.4) is 0 Å². The highest BCUT2D eigenvalue weighted by Crippen LogP contribution is 2.31. The smallest absolute Gasteiger partial charge is 0.214 e. The third-order valence-electron chi connectivity index (χ3n) is 4.42. The highest BCUT2D eigenvalue weighted by atomic mass is 19.1. The number of carbonyl (C=O) groups excluding carboxylic acids is 1. The number of carbonyl (C=O) groups is 1. The Morgan fingerprint density at radius 3 is 2.88 bits per heavy atom. The van der Waals surface area contributed by atoms with Crippen LogP contribution in [0.1, 0.15) is 0 Å². The number of nitrogens with zero attached hydrogens (tertiary/aromatic N) is 3. The quantitative estimate of drug-likeness (QED) is 0.539. The Hall–Kier alpha value is -3.54. The summed E-state index contributed by atoms with van der Waals surface area (Å²) in [6.45, 7) is 0. The van der Waals surface area contributed by atoms with Crippen LogP contribution in [0.2, 0.25) is 0 Å². The predicted molar refractivity (Wildman–Crippen MR) is 91.8 cm³/mol. The number of fused-ring (bicyclic) bond motifs is 2. The molecule has 0 spiro atoms. The molecule has 5 nitrogen and oxygen atoms in total. The van der Waals surface area contributed by atoms with E-state index in [9.17, 15) is 9.18 Å². The van der Waals surface area contributed by atoms with E-state index < -0.39 is 11.6 Å². The fourth-order valence-electron chi connectivity index (χ4n) is 3.25. The van der Waals surface area contributed by atoms with Gasteiger partial charge in [0, 0.05) is 22.5 Å². The van der Waals surface area contributed by atoms with E-state index in [1.54, 1.807) is 24.8 Å². The number of allylic oxidation sites excluding steroid dienone is 4. The maximum Gasteiger partial charge on any atom is 0.214 e. The second-order valence-electron chi connectivity index (χ2n) is 5.84. The van der Waals surface area contributed by atoms with Crippen LogP contribution in [0.4, 0.5) is 4.39 Å². The molecule has 1 N–H and O–H groups in total. The van der Waals surface area contributed by atoms with Crippen molar-refractivity contribution in [3.05, 3.63) is 72.3 Å². The number of nitrogens with one attached hydrogen (secondary N) is 1. The van der Waals surface area contributed by atoms with Gasteiger partial charge in [0.15, 0.2) is 5.83 Å². The molecule has 0 radical (unpaired) electrons. The van der Waals surface area contributed by atoms with E-state index in [4.69, 9.17) is 0 Å². The monoisotopic (exact) mass is 330 g/mol. The average Bonchev–Trinajstić information content (AvgIpc) is 2.99. The van der Waals surface area contributed by atoms with Crippen LogP contribution in [0.25, 0.3) is 33.4 Å². The maximum atomic E-state index is 13.7. The second kappa shape index (κ2) is 4.98. The fraction of sp³-hybridized carbons (Fsp3) is 0. The molecule has 120 valence electrons. The Morgan fingerprint density at radius 1 is 1.08 bits per heavy atom. The fourth-order valence-corrected chi connectivity index (χ4v) is 3.25. The second-order valence-corrected chi connectivity index (χ2v) is 5.84. The largest absolute Gasteiger partial charge is 0.287 e. The summed E-state index contributed by atoms with van der Waals surface area (Å²) in [6, 6.07) is 7.80. The van der Waals surface area contributed by atoms with E-state index in [1.165, 1.54) is 12.2 Å². The van der Waals surface area contributed by atoms with E-state index in [0.717, 1.165) is 33.1 Å². The Balaban J connectivity index is 1.93. The van der Waals surface area contributed by atoms with Crippen molar-refractivity contribution in [1.29, 1.82) is 0 Å². The maximum absolute atomic E-state index is 13.7. The molecule has 25 heavy (non-hydrogen) atoms. The summed E-state index contributed by atoms with van der Waals surface area (Å²) in [5.74, 6) is -1.37. The van der Waals surface area contributed by atoms with Crippen molar-refractivity contribution in [1.82, 2.24) is 19.7 Å². The summed E-state index contributed by atoms with van der Waals surface area (Å²) >= 11 is 0. The lowest BCUT2D eigenvalue weighted by molar-refractivity contribution is -0.112. The minimum atomic E-state index is -0.759. The summed E-state index contributed by atoms with van der Waals surface area (Å²) in [6.07, 6.45) is 9.32. The predicted octanol–water partition coefficient (Wildman–Crippen LogP) is 2.72. The van der Waals surface area contributed by atoms with Gasteiger partial charge in [0.25, 0.3) is 0 Å². The average molecular weight is 330 g/mol. The normalized spacial score (nSPS) is 16.8. The van der Waals surface area contributed by atoms with Gasteiger partial charge in [-0.2, -0.15) is 0 Å². The molecule has 3 aliphatic heterocycles. The van der Waals surface area contributed by atoms with Crippen LogP contribution in [0, 0.1) is 0 Å². The molecule has 1 aromatic rings. The summed E-state index contributed by atoms with van der Waals surface area (Å²) < 4.78 is 15.7. The number of hydrogen-bond acceptors (Lipinski definition) is 3. The number of halogens is 1. The van der Waals surface area contributed by atoms with Gasteiger partial charge in [0.2, 0.25) is 5.78 Å². The number of benzene rings is 1. The van der Waals surface area contributed by atoms with Crippen LogP contribution in [-0.4, -0.2) is 25.5 Å². The van der Waals surface area contributed by atoms with Gasteiger partial charge in [-0.15, -0.1) is 0 Å². The van der Waals surface area contributed by atoms with Gasteiger partial charge >= 0.3 is 0 Å². The van der Waals surface area contributed by atoms with Crippen LogP contribution in [0.5, 0.6) is 0 Å². The molecule has 0 atom stereocenters. The van der Waals surface area contributed by atoms with Crippen LogP contribution >= 0.6 is 0 Å².